The molecule has 0 aromatic heterocycles. The van der Waals surface area contributed by atoms with E-state index < -0.39 is 0 Å². The molecule has 1 heterocycles. The molecule has 5 nitrogen and oxygen atoms in total. The molecule has 1 aliphatic carbocycles. The van der Waals surface area contributed by atoms with Crippen LogP contribution in [-0.2, 0) is 4.79 Å². The molecular formula is C25H29NO4S. The summed E-state index contributed by atoms with van der Waals surface area (Å²) in [5.41, 5.74) is 4.58. The number of thioether (sulfide) groups is 1. The molecule has 31 heavy (non-hydrogen) atoms. The first-order chi connectivity index (χ1) is 14.8. The van der Waals surface area contributed by atoms with Gasteiger partial charge in [0, 0.05) is 40.1 Å². The van der Waals surface area contributed by atoms with Crippen LogP contribution in [0, 0.1) is 5.41 Å². The quantitative estimate of drug-likeness (QED) is 0.609. The van der Waals surface area contributed by atoms with Gasteiger partial charge in [-0.3, -0.25) is 4.79 Å². The maximum Gasteiger partial charge on any atom is 0.203 e. The van der Waals surface area contributed by atoms with Crippen LogP contribution < -0.4 is 19.5 Å². The third-order valence-corrected chi connectivity index (χ3v) is 6.84. The minimum Gasteiger partial charge on any atom is -0.493 e. The monoisotopic (exact) mass is 439 g/mol. The maximum atomic E-state index is 13.4. The highest BCUT2D eigenvalue weighted by atomic mass is 32.2. The number of anilines is 1. The largest absolute Gasteiger partial charge is 0.493 e. The number of ketones is 1. The van der Waals surface area contributed by atoms with Gasteiger partial charge in [-0.05, 0) is 35.8 Å². The third-order valence-electron chi connectivity index (χ3n) is 6.10. The molecule has 1 aliphatic heterocycles. The lowest BCUT2D eigenvalue weighted by atomic mass is 9.68. The van der Waals surface area contributed by atoms with Gasteiger partial charge in [0.1, 0.15) is 0 Å². The van der Waals surface area contributed by atoms with Gasteiger partial charge in [-0.2, -0.15) is 0 Å². The van der Waals surface area contributed by atoms with Crippen molar-refractivity contribution in [1.29, 1.82) is 0 Å². The topological polar surface area (TPSA) is 56.8 Å². The van der Waals surface area contributed by atoms with Gasteiger partial charge in [-0.15, -0.1) is 11.8 Å². The lowest BCUT2D eigenvalue weighted by Crippen LogP contribution is -2.34. The summed E-state index contributed by atoms with van der Waals surface area (Å²) in [7, 11) is 4.84. The molecule has 0 radical (unpaired) electrons. The number of rotatable bonds is 5. The Labute approximate surface area is 188 Å². The Morgan fingerprint density at radius 1 is 1.00 bits per heavy atom. The van der Waals surface area contributed by atoms with Gasteiger partial charge in [-0.1, -0.05) is 26.0 Å². The van der Waals surface area contributed by atoms with Crippen molar-refractivity contribution >= 4 is 23.2 Å². The highest BCUT2D eigenvalue weighted by Crippen LogP contribution is 2.55. The van der Waals surface area contributed by atoms with E-state index in [1.165, 1.54) is 4.90 Å². The number of fused-ring (bicyclic) bond motifs is 1. The Balaban J connectivity index is 2.01. The number of benzene rings is 2. The number of Topliss-reactive ketones (excluding diaryl/α,β-unsaturated/α-hetero) is 1. The van der Waals surface area contributed by atoms with Gasteiger partial charge < -0.3 is 19.5 Å². The molecule has 1 atom stereocenters. The molecule has 2 aliphatic rings. The lowest BCUT2D eigenvalue weighted by Gasteiger charge is -2.40. The molecule has 0 saturated carbocycles. The molecule has 6 heteroatoms. The average molecular weight is 440 g/mol. The van der Waals surface area contributed by atoms with Crippen LogP contribution >= 0.6 is 11.8 Å². The summed E-state index contributed by atoms with van der Waals surface area (Å²) in [6, 6.07) is 10.4. The zero-order valence-corrected chi connectivity index (χ0v) is 19.7. The van der Waals surface area contributed by atoms with Crippen molar-refractivity contribution < 1.29 is 19.0 Å². The van der Waals surface area contributed by atoms with Crippen molar-refractivity contribution in [3.05, 3.63) is 52.7 Å². The Kier molecular flexibility index (Phi) is 5.69. The van der Waals surface area contributed by atoms with Gasteiger partial charge in [0.25, 0.3) is 0 Å². The number of nitrogens with one attached hydrogen (secondary N) is 1. The molecular weight excluding hydrogens is 410 g/mol. The van der Waals surface area contributed by atoms with E-state index in [0.29, 0.717) is 23.7 Å². The Bertz CT molecular complexity index is 1060. The van der Waals surface area contributed by atoms with Gasteiger partial charge in [0.05, 0.1) is 27.0 Å². The molecule has 4 rings (SSSR count). The number of allylic oxidation sites excluding steroid dienone is 2. The molecule has 0 spiro atoms. The molecule has 0 saturated heterocycles. The summed E-state index contributed by atoms with van der Waals surface area (Å²) in [6.07, 6.45) is 3.39. The van der Waals surface area contributed by atoms with E-state index in [4.69, 9.17) is 14.2 Å². The third kappa shape index (κ3) is 3.67. The van der Waals surface area contributed by atoms with E-state index in [1.54, 1.807) is 33.1 Å². The molecule has 0 amide bonds. The van der Waals surface area contributed by atoms with Crippen LogP contribution in [-0.4, -0.2) is 33.4 Å². The Hall–Kier alpha value is -2.60. The normalized spacial score (nSPS) is 19.3. The van der Waals surface area contributed by atoms with Crippen molar-refractivity contribution in [3.8, 4) is 17.2 Å². The molecule has 2 aromatic carbocycles. The first-order valence-corrected chi connectivity index (χ1v) is 11.6. The zero-order valence-electron chi connectivity index (χ0n) is 18.9. The molecule has 0 bridgehead atoms. The first kappa shape index (κ1) is 21.6. The Morgan fingerprint density at radius 2 is 1.68 bits per heavy atom. The number of carbonyl (C=O) groups is 1. The fourth-order valence-electron chi connectivity index (χ4n) is 4.79. The van der Waals surface area contributed by atoms with E-state index in [0.717, 1.165) is 34.5 Å². The summed E-state index contributed by atoms with van der Waals surface area (Å²) >= 11 is 1.70. The van der Waals surface area contributed by atoms with Crippen molar-refractivity contribution in [3.63, 3.8) is 0 Å². The second kappa shape index (κ2) is 8.15. The number of methoxy groups -OCH3 is 3. The molecule has 1 N–H and O–H groups in total. The summed E-state index contributed by atoms with van der Waals surface area (Å²) in [4.78, 5) is 14.6. The highest BCUT2D eigenvalue weighted by molar-refractivity contribution is 7.98. The van der Waals surface area contributed by atoms with Crippen molar-refractivity contribution in [2.45, 2.75) is 37.5 Å². The summed E-state index contributed by atoms with van der Waals surface area (Å²) in [5, 5.41) is 3.55. The second-order valence-electron chi connectivity index (χ2n) is 8.77. The average Bonchev–Trinajstić information content (AvgIpc) is 2.75. The van der Waals surface area contributed by atoms with Crippen LogP contribution in [0.1, 0.15) is 43.7 Å². The van der Waals surface area contributed by atoms with Crippen molar-refractivity contribution in [1.82, 2.24) is 0 Å². The summed E-state index contributed by atoms with van der Waals surface area (Å²) < 4.78 is 17.1. The predicted octanol–water partition coefficient (Wildman–Crippen LogP) is 5.63. The molecule has 164 valence electrons. The minimum atomic E-state index is -0.236. The predicted molar refractivity (Wildman–Crippen MR) is 125 cm³/mol. The van der Waals surface area contributed by atoms with E-state index in [1.807, 2.05) is 6.07 Å². The molecule has 0 fully saturated rings. The number of ether oxygens (including phenoxy) is 3. The highest BCUT2D eigenvalue weighted by Gasteiger charge is 2.43. The van der Waals surface area contributed by atoms with E-state index in [2.05, 4.69) is 49.7 Å². The van der Waals surface area contributed by atoms with E-state index in [-0.39, 0.29) is 17.1 Å². The molecule has 0 unspecified atom stereocenters. The fourth-order valence-corrected chi connectivity index (χ4v) is 5.19. The van der Waals surface area contributed by atoms with Crippen LogP contribution in [0.4, 0.5) is 5.69 Å². The van der Waals surface area contributed by atoms with Crippen LogP contribution in [0.5, 0.6) is 17.2 Å². The van der Waals surface area contributed by atoms with Gasteiger partial charge in [0.2, 0.25) is 5.75 Å². The van der Waals surface area contributed by atoms with Gasteiger partial charge in [0.15, 0.2) is 17.3 Å². The standard InChI is InChI=1S/C25H29NO4S/c1-25(2)12-17-21(18(27)13-25)20(14-7-9-15(31-6)10-8-14)22-16(26-17)11-19(28-3)23(29-4)24(22)30-5/h7-11,20,26H,12-13H2,1-6H3/t20-/m1/s1. The number of carbonyl (C=O) groups excluding carboxylic acids is 1. The Morgan fingerprint density at radius 3 is 2.26 bits per heavy atom. The summed E-state index contributed by atoms with van der Waals surface area (Å²) in [5.74, 6) is 1.66. The molecule has 2 aromatic rings. The van der Waals surface area contributed by atoms with E-state index >= 15 is 0 Å². The van der Waals surface area contributed by atoms with Gasteiger partial charge >= 0.3 is 0 Å². The van der Waals surface area contributed by atoms with E-state index in [9.17, 15) is 4.79 Å². The summed E-state index contributed by atoms with van der Waals surface area (Å²) in [6.45, 7) is 4.28. The smallest absolute Gasteiger partial charge is 0.203 e. The van der Waals surface area contributed by atoms with Crippen LogP contribution in [0.2, 0.25) is 0 Å². The lowest BCUT2D eigenvalue weighted by molar-refractivity contribution is -0.118. The van der Waals surface area contributed by atoms with Crippen molar-refractivity contribution in [2.75, 3.05) is 32.9 Å². The SMILES string of the molecule is COc1cc2c(c(OC)c1OC)[C@H](c1ccc(SC)cc1)C1=C(CC(C)(C)CC1=O)N2. The first-order valence-electron chi connectivity index (χ1n) is 10.3. The maximum absolute atomic E-state index is 13.4. The van der Waals surface area contributed by atoms with Crippen LogP contribution in [0.3, 0.4) is 0 Å². The minimum absolute atomic E-state index is 0.0890. The number of hydrogen-bond donors (Lipinski definition) is 1. The van der Waals surface area contributed by atoms with Crippen LogP contribution in [0.15, 0.2) is 46.5 Å². The van der Waals surface area contributed by atoms with Crippen molar-refractivity contribution in [2.24, 2.45) is 5.41 Å². The second-order valence-corrected chi connectivity index (χ2v) is 9.65. The van der Waals surface area contributed by atoms with Crippen LogP contribution in [0.25, 0.3) is 0 Å². The van der Waals surface area contributed by atoms with Gasteiger partial charge in [-0.25, -0.2) is 0 Å². The zero-order chi connectivity index (χ0) is 22.3. The number of hydrogen-bond acceptors (Lipinski definition) is 6. The fraction of sp³-hybridized carbons (Fsp3) is 0.400.